The summed E-state index contributed by atoms with van der Waals surface area (Å²) in [5, 5.41) is 15.3. The van der Waals surface area contributed by atoms with Crippen molar-refractivity contribution in [3.05, 3.63) is 83.4 Å². The van der Waals surface area contributed by atoms with E-state index in [1.54, 1.807) is 39.1 Å². The molecule has 0 saturated heterocycles. The van der Waals surface area contributed by atoms with E-state index in [1.165, 1.54) is 28.0 Å². The number of nitrogens with zero attached hydrogens (tertiary/aromatic N) is 9. The van der Waals surface area contributed by atoms with Gasteiger partial charge >= 0.3 is 0 Å². The van der Waals surface area contributed by atoms with Crippen LogP contribution in [-0.4, -0.2) is 115 Å². The van der Waals surface area contributed by atoms with Crippen LogP contribution in [0.25, 0.3) is 66.9 Å². The molecular formula is C44H50F4N12O5Si. The van der Waals surface area contributed by atoms with Crippen LogP contribution in [0.15, 0.2) is 49.1 Å². The second-order valence-corrected chi connectivity index (χ2v) is 22.7. The summed E-state index contributed by atoms with van der Waals surface area (Å²) >= 11 is 0. The molecule has 0 aliphatic heterocycles. The first kappa shape index (κ1) is 47.3. The molecule has 2 amide bonds. The molecule has 0 saturated carbocycles. The predicted octanol–water partition coefficient (Wildman–Crippen LogP) is 6.89. The van der Waals surface area contributed by atoms with Crippen LogP contribution in [0.1, 0.15) is 34.6 Å². The van der Waals surface area contributed by atoms with Gasteiger partial charge in [-0.25, -0.2) is 37.5 Å². The molecule has 0 bridgehead atoms. The molecule has 22 heteroatoms. The Morgan fingerprint density at radius 3 is 1.77 bits per heavy atom. The van der Waals surface area contributed by atoms with Crippen molar-refractivity contribution in [3.8, 4) is 22.8 Å². The number of carbonyl (C=O) groups is 2. The van der Waals surface area contributed by atoms with Crippen LogP contribution in [0.2, 0.25) is 25.7 Å². The number of hydrogen-bond donors (Lipinski definition) is 3. The number of ether oxygens (including phenoxy) is 3. The molecule has 0 aliphatic rings. The second-order valence-electron chi connectivity index (χ2n) is 17.1. The number of amides is 2. The van der Waals surface area contributed by atoms with Crippen molar-refractivity contribution >= 4 is 64.0 Å². The average molecular weight is 931 g/mol. The molecule has 2 aromatic carbocycles. The highest BCUT2D eigenvalue weighted by Gasteiger charge is 2.24. The van der Waals surface area contributed by atoms with E-state index < -0.39 is 31.3 Å². The first-order valence-electron chi connectivity index (χ1n) is 20.9. The molecule has 0 radical (unpaired) electrons. The summed E-state index contributed by atoms with van der Waals surface area (Å²) in [5.74, 6) is -4.53. The largest absolute Gasteiger partial charge is 0.383 e. The molecular weight excluding hydrogens is 881 g/mol. The molecule has 66 heavy (non-hydrogen) atoms. The van der Waals surface area contributed by atoms with Crippen LogP contribution in [0.3, 0.4) is 0 Å². The topological polar surface area (TPSA) is 194 Å². The maximum atomic E-state index is 14.1. The van der Waals surface area contributed by atoms with Crippen LogP contribution >= 0.6 is 0 Å². The van der Waals surface area contributed by atoms with Crippen LogP contribution in [0.4, 0.5) is 17.6 Å². The number of hydrogen-bond acceptors (Lipinski definition) is 11. The van der Waals surface area contributed by atoms with Gasteiger partial charge in [0.25, 0.3) is 11.8 Å². The lowest BCUT2D eigenvalue weighted by atomic mass is 10.1. The maximum absolute atomic E-state index is 14.1. The Bertz CT molecular complexity index is 3090. The third kappa shape index (κ3) is 10.1. The summed E-state index contributed by atoms with van der Waals surface area (Å²) < 4.78 is 76.0. The van der Waals surface area contributed by atoms with Gasteiger partial charge in [0.2, 0.25) is 0 Å². The molecule has 0 unspecified atom stereocenters. The Labute approximate surface area is 376 Å². The highest BCUT2D eigenvalue weighted by atomic mass is 28.3. The minimum absolute atomic E-state index is 0.189. The lowest BCUT2D eigenvalue weighted by molar-refractivity contribution is 0.0879. The van der Waals surface area contributed by atoms with Gasteiger partial charge in [-0.05, 0) is 32.0 Å². The molecule has 8 rings (SSSR count). The summed E-state index contributed by atoms with van der Waals surface area (Å²) in [4.78, 5) is 46.8. The number of H-pyrrole nitrogens is 1. The number of benzene rings is 2. The van der Waals surface area contributed by atoms with E-state index in [4.69, 9.17) is 19.2 Å². The minimum atomic E-state index is -1.26. The highest BCUT2D eigenvalue weighted by molar-refractivity contribution is 6.76. The normalized spacial score (nSPS) is 12.8. The fourth-order valence-corrected chi connectivity index (χ4v) is 7.97. The summed E-state index contributed by atoms with van der Waals surface area (Å²) in [5.41, 5.74) is 4.42. The molecule has 6 aromatic heterocycles. The van der Waals surface area contributed by atoms with Crippen molar-refractivity contribution in [1.82, 2.24) is 59.7 Å². The van der Waals surface area contributed by atoms with E-state index >= 15 is 0 Å². The van der Waals surface area contributed by atoms with Gasteiger partial charge in [0.1, 0.15) is 40.5 Å². The van der Waals surface area contributed by atoms with Gasteiger partial charge in [0.05, 0.1) is 47.8 Å². The SMILES string of the molecule is COC[C@H](C)NC(=O)c1c[nH]c2ncc(-c3nn(C)c4cc(F)c(F)cc34)nc12.COC[C@H](C)NC(=O)c1cn(COCC[Si](C)(C)C)c2ncc(-c3nn(C)c4cc(F)c(F)cc34)nc12. The van der Waals surface area contributed by atoms with Crippen molar-refractivity contribution in [3.63, 3.8) is 0 Å². The zero-order valence-electron chi connectivity index (χ0n) is 37.9. The number of aromatic amines is 1. The smallest absolute Gasteiger partial charge is 0.255 e. The van der Waals surface area contributed by atoms with E-state index in [9.17, 15) is 27.2 Å². The van der Waals surface area contributed by atoms with E-state index in [0.29, 0.717) is 97.9 Å². The van der Waals surface area contributed by atoms with Crippen molar-refractivity contribution in [2.75, 3.05) is 34.0 Å². The first-order valence-corrected chi connectivity index (χ1v) is 24.6. The number of fused-ring (bicyclic) bond motifs is 4. The van der Waals surface area contributed by atoms with Crippen LogP contribution in [0.5, 0.6) is 0 Å². The lowest BCUT2D eigenvalue weighted by Crippen LogP contribution is -2.35. The fraction of sp³-hybridized carbons (Fsp3) is 0.364. The van der Waals surface area contributed by atoms with Crippen molar-refractivity contribution in [2.24, 2.45) is 14.1 Å². The molecule has 0 fully saturated rings. The number of aromatic nitrogens is 10. The van der Waals surface area contributed by atoms with Gasteiger partial charge in [0, 0.05) is 90.4 Å². The van der Waals surface area contributed by atoms with Gasteiger partial charge in [-0.3, -0.25) is 19.0 Å². The number of rotatable bonds is 15. The number of halogens is 4. The summed E-state index contributed by atoms with van der Waals surface area (Å²) in [6.07, 6.45) is 6.18. The number of nitrogens with one attached hydrogen (secondary N) is 3. The van der Waals surface area contributed by atoms with Gasteiger partial charge < -0.3 is 34.4 Å². The molecule has 3 N–H and O–H groups in total. The monoisotopic (exact) mass is 930 g/mol. The van der Waals surface area contributed by atoms with Gasteiger partial charge in [-0.2, -0.15) is 10.2 Å². The Kier molecular flexibility index (Phi) is 14.0. The number of aryl methyl sites for hydroxylation is 2. The van der Waals surface area contributed by atoms with Crippen LogP contribution in [0, 0.1) is 23.3 Å². The van der Waals surface area contributed by atoms with Crippen molar-refractivity contribution in [1.29, 1.82) is 0 Å². The maximum Gasteiger partial charge on any atom is 0.255 e. The Morgan fingerprint density at radius 1 is 0.742 bits per heavy atom. The minimum Gasteiger partial charge on any atom is -0.383 e. The van der Waals surface area contributed by atoms with Gasteiger partial charge in [-0.15, -0.1) is 0 Å². The second kappa shape index (κ2) is 19.5. The van der Waals surface area contributed by atoms with Crippen LogP contribution < -0.4 is 10.6 Å². The third-order valence-corrected chi connectivity index (χ3v) is 12.2. The number of carbonyl (C=O) groups excluding carboxylic acids is 2. The molecule has 348 valence electrons. The van der Waals surface area contributed by atoms with E-state index in [2.05, 4.69) is 60.4 Å². The van der Waals surface area contributed by atoms with Crippen LogP contribution in [-0.2, 0) is 35.0 Å². The average Bonchev–Trinajstić information content (AvgIpc) is 4.02. The Balaban J connectivity index is 0.000000202. The Hall–Kier alpha value is -6.62. The number of methoxy groups -OCH3 is 2. The third-order valence-electron chi connectivity index (χ3n) is 10.5. The summed E-state index contributed by atoms with van der Waals surface area (Å²) in [7, 11) is 5.13. The van der Waals surface area contributed by atoms with Gasteiger partial charge in [-0.1, -0.05) is 19.6 Å². The highest BCUT2D eigenvalue weighted by Crippen LogP contribution is 2.31. The molecule has 8 aromatic rings. The van der Waals surface area contributed by atoms with Gasteiger partial charge in [0.15, 0.2) is 34.6 Å². The van der Waals surface area contributed by atoms with E-state index in [-0.39, 0.29) is 30.6 Å². The quantitative estimate of drug-likeness (QED) is 0.0551. The summed E-state index contributed by atoms with van der Waals surface area (Å²) in [6.45, 7) is 12.0. The molecule has 0 spiro atoms. The van der Waals surface area contributed by atoms with Crippen molar-refractivity contribution < 1.29 is 41.4 Å². The van der Waals surface area contributed by atoms with Crippen molar-refractivity contribution in [2.45, 2.75) is 58.3 Å². The first-order chi connectivity index (χ1) is 31.4. The van der Waals surface area contributed by atoms with E-state index in [0.717, 1.165) is 30.3 Å². The van der Waals surface area contributed by atoms with E-state index in [1.807, 2.05) is 13.8 Å². The predicted molar refractivity (Wildman–Crippen MR) is 242 cm³/mol. The summed E-state index contributed by atoms with van der Waals surface area (Å²) in [6, 6.07) is 4.95. The molecule has 6 heterocycles. The molecule has 2 atom stereocenters. The fourth-order valence-electron chi connectivity index (χ4n) is 7.22. The Morgan fingerprint density at radius 2 is 1.24 bits per heavy atom. The molecule has 0 aliphatic carbocycles. The zero-order valence-corrected chi connectivity index (χ0v) is 38.9. The zero-order chi connectivity index (χ0) is 47.6. The lowest BCUT2D eigenvalue weighted by Gasteiger charge is -2.15. The molecule has 17 nitrogen and oxygen atoms in total. The standard InChI is InChI=1S/C25H32F2N6O3Si.C19H18F2N6O2/c1-15(13-35-3)29-25(34)17-12-33(14-36-7-8-37(4,5)6)24-23(17)30-20(11-28-24)22-16-9-18(26)19(27)10-21(16)32(2)31-22;1-9(8-29-3)24-19(28)11-6-22-18-17(11)25-14(7-23-18)16-10-4-12(20)13(21)5-15(10)27(2)26-16/h9-12,15H,7-8,13-14H2,1-6H3,(H,29,34);4-7,9H,8H2,1-3H3,(H,22,23)(H,24,28)/t15-;9-/m00/s1.